The van der Waals surface area contributed by atoms with Gasteiger partial charge >= 0.3 is 0 Å². The van der Waals surface area contributed by atoms with Crippen molar-refractivity contribution in [3.8, 4) is 28.1 Å². The fraction of sp³-hybridized carbons (Fsp3) is 0.370. The number of unbranched alkanes of at least 4 members (excludes halogenated alkanes) is 4. The second-order valence-electron chi connectivity index (χ2n) is 7.78. The fourth-order valence-corrected chi connectivity index (χ4v) is 3.49. The molecule has 0 saturated heterocycles. The van der Waals surface area contributed by atoms with Crippen LogP contribution in [0, 0.1) is 5.82 Å². The van der Waals surface area contributed by atoms with Crippen molar-refractivity contribution in [3.63, 3.8) is 0 Å². The highest BCUT2D eigenvalue weighted by atomic mass is 19.1. The fourth-order valence-electron chi connectivity index (χ4n) is 3.49. The van der Waals surface area contributed by atoms with Gasteiger partial charge in [-0.3, -0.25) is 4.98 Å². The number of aromatic nitrogens is 1. The molecule has 1 aromatic heterocycles. The van der Waals surface area contributed by atoms with E-state index < -0.39 is 0 Å². The third-order valence-electron chi connectivity index (χ3n) is 5.35. The van der Waals surface area contributed by atoms with Gasteiger partial charge < -0.3 is 4.74 Å². The van der Waals surface area contributed by atoms with Crippen LogP contribution in [0.4, 0.5) is 4.39 Å². The van der Waals surface area contributed by atoms with E-state index in [1.165, 1.54) is 19.3 Å². The Bertz CT molecular complexity index is 903. The molecule has 0 unspecified atom stereocenters. The van der Waals surface area contributed by atoms with Crippen LogP contribution in [0.15, 0.2) is 60.8 Å². The van der Waals surface area contributed by atoms with Crippen LogP contribution in [-0.4, -0.2) is 11.6 Å². The van der Waals surface area contributed by atoms with Gasteiger partial charge in [0.05, 0.1) is 12.3 Å². The van der Waals surface area contributed by atoms with Gasteiger partial charge in [0.25, 0.3) is 0 Å². The molecular weight excluding hydrogens is 373 g/mol. The van der Waals surface area contributed by atoms with Crippen molar-refractivity contribution in [2.45, 2.75) is 58.8 Å². The molecule has 0 saturated carbocycles. The van der Waals surface area contributed by atoms with Crippen LogP contribution >= 0.6 is 0 Å². The number of benzene rings is 2. The first-order valence-corrected chi connectivity index (χ1v) is 11.2. The van der Waals surface area contributed by atoms with Crippen molar-refractivity contribution in [2.24, 2.45) is 0 Å². The first-order chi connectivity index (χ1) is 14.7. The van der Waals surface area contributed by atoms with E-state index in [4.69, 9.17) is 4.74 Å². The molecular formula is C27H32FNO. The van der Waals surface area contributed by atoms with E-state index in [2.05, 4.69) is 18.8 Å². The standard InChI is InChI=1S/C27H32FNO/c1-3-5-7-8-18-30-24-14-11-22(12-15-24)23-13-17-27(29-20-23)25-16-10-21(9-6-4-2)19-26(25)28/h10-17,19-20H,3-9,18H2,1-2H3. The summed E-state index contributed by atoms with van der Waals surface area (Å²) in [6.45, 7) is 5.12. The van der Waals surface area contributed by atoms with Crippen LogP contribution < -0.4 is 4.74 Å². The van der Waals surface area contributed by atoms with Gasteiger partial charge in [0, 0.05) is 17.3 Å². The Balaban J connectivity index is 1.63. The molecule has 0 N–H and O–H groups in total. The minimum Gasteiger partial charge on any atom is -0.494 e. The lowest BCUT2D eigenvalue weighted by Gasteiger charge is -2.09. The Morgan fingerprint density at radius 2 is 1.57 bits per heavy atom. The van der Waals surface area contributed by atoms with Crippen LogP contribution in [0.1, 0.15) is 57.9 Å². The maximum Gasteiger partial charge on any atom is 0.132 e. The summed E-state index contributed by atoms with van der Waals surface area (Å²) in [7, 11) is 0. The largest absolute Gasteiger partial charge is 0.494 e. The molecule has 0 aliphatic carbocycles. The maximum absolute atomic E-state index is 14.5. The van der Waals surface area contributed by atoms with Crippen molar-refractivity contribution in [2.75, 3.05) is 6.61 Å². The van der Waals surface area contributed by atoms with Crippen LogP contribution in [0.3, 0.4) is 0 Å². The Kier molecular flexibility index (Phi) is 8.43. The number of nitrogens with zero attached hydrogens (tertiary/aromatic N) is 1. The molecule has 3 rings (SSSR count). The molecule has 0 amide bonds. The Morgan fingerprint density at radius 3 is 2.23 bits per heavy atom. The van der Waals surface area contributed by atoms with Gasteiger partial charge in [-0.15, -0.1) is 0 Å². The molecule has 2 nitrogen and oxygen atoms in total. The first kappa shape index (κ1) is 22.0. The van der Waals surface area contributed by atoms with Gasteiger partial charge in [-0.1, -0.05) is 63.8 Å². The highest BCUT2D eigenvalue weighted by molar-refractivity contribution is 5.67. The van der Waals surface area contributed by atoms with Gasteiger partial charge in [-0.25, -0.2) is 4.39 Å². The predicted octanol–water partition coefficient (Wildman–Crippen LogP) is 7.86. The topological polar surface area (TPSA) is 22.1 Å². The summed E-state index contributed by atoms with van der Waals surface area (Å²) in [5, 5.41) is 0. The number of rotatable bonds is 11. The van der Waals surface area contributed by atoms with Crippen molar-refractivity contribution in [1.82, 2.24) is 4.98 Å². The van der Waals surface area contributed by atoms with Gasteiger partial charge in [0.2, 0.25) is 0 Å². The van der Waals surface area contributed by atoms with Gasteiger partial charge in [0.1, 0.15) is 11.6 Å². The van der Waals surface area contributed by atoms with E-state index >= 15 is 0 Å². The summed E-state index contributed by atoms with van der Waals surface area (Å²) in [6.07, 6.45) is 9.72. The van der Waals surface area contributed by atoms with Crippen LogP contribution in [-0.2, 0) is 6.42 Å². The molecule has 0 radical (unpaired) electrons. The summed E-state index contributed by atoms with van der Waals surface area (Å²) >= 11 is 0. The lowest BCUT2D eigenvalue weighted by Crippen LogP contribution is -1.97. The average molecular weight is 406 g/mol. The Hall–Kier alpha value is -2.68. The Labute approximate surface area is 180 Å². The zero-order valence-electron chi connectivity index (χ0n) is 18.2. The highest BCUT2D eigenvalue weighted by Gasteiger charge is 2.08. The zero-order valence-corrected chi connectivity index (χ0v) is 18.2. The molecule has 158 valence electrons. The van der Waals surface area contributed by atoms with Gasteiger partial charge in [0.15, 0.2) is 0 Å². The average Bonchev–Trinajstić information content (AvgIpc) is 2.78. The summed E-state index contributed by atoms with van der Waals surface area (Å²) < 4.78 is 20.4. The zero-order chi connectivity index (χ0) is 21.2. The Morgan fingerprint density at radius 1 is 0.800 bits per heavy atom. The predicted molar refractivity (Wildman–Crippen MR) is 123 cm³/mol. The number of ether oxygens (including phenoxy) is 1. The first-order valence-electron chi connectivity index (χ1n) is 11.2. The van der Waals surface area contributed by atoms with E-state index in [-0.39, 0.29) is 5.82 Å². The molecule has 0 fully saturated rings. The summed E-state index contributed by atoms with van der Waals surface area (Å²) in [5.74, 6) is 0.689. The molecule has 30 heavy (non-hydrogen) atoms. The third-order valence-corrected chi connectivity index (χ3v) is 5.35. The van der Waals surface area contributed by atoms with Crippen LogP contribution in [0.2, 0.25) is 0 Å². The van der Waals surface area contributed by atoms with Crippen molar-refractivity contribution >= 4 is 0 Å². The third kappa shape index (κ3) is 6.16. The van der Waals surface area contributed by atoms with E-state index in [0.29, 0.717) is 11.3 Å². The van der Waals surface area contributed by atoms with E-state index in [1.807, 2.05) is 48.5 Å². The SMILES string of the molecule is CCCCCCOc1ccc(-c2ccc(-c3ccc(CCCC)cc3F)nc2)cc1. The van der Waals surface area contributed by atoms with Gasteiger partial charge in [-0.05, 0) is 60.7 Å². The second kappa shape index (κ2) is 11.5. The number of aryl methyl sites for hydroxylation is 1. The summed E-state index contributed by atoms with van der Waals surface area (Å²) in [4.78, 5) is 4.51. The molecule has 0 spiro atoms. The normalized spacial score (nSPS) is 10.9. The number of hydrogen-bond donors (Lipinski definition) is 0. The maximum atomic E-state index is 14.5. The number of halogens is 1. The molecule has 0 atom stereocenters. The van der Waals surface area contributed by atoms with Crippen molar-refractivity contribution in [3.05, 3.63) is 72.2 Å². The van der Waals surface area contributed by atoms with Gasteiger partial charge in [-0.2, -0.15) is 0 Å². The molecule has 3 heteroatoms. The molecule has 2 aromatic carbocycles. The molecule has 1 heterocycles. The highest BCUT2D eigenvalue weighted by Crippen LogP contribution is 2.26. The minimum atomic E-state index is -0.204. The monoisotopic (exact) mass is 405 g/mol. The lowest BCUT2D eigenvalue weighted by molar-refractivity contribution is 0.305. The summed E-state index contributed by atoms with van der Waals surface area (Å²) in [5.41, 5.74) is 4.33. The van der Waals surface area contributed by atoms with Crippen molar-refractivity contribution in [1.29, 1.82) is 0 Å². The molecule has 0 aliphatic heterocycles. The van der Waals surface area contributed by atoms with E-state index in [1.54, 1.807) is 12.3 Å². The minimum absolute atomic E-state index is 0.204. The molecule has 0 bridgehead atoms. The number of pyridine rings is 1. The molecule has 3 aromatic rings. The van der Waals surface area contributed by atoms with Crippen molar-refractivity contribution < 1.29 is 9.13 Å². The van der Waals surface area contributed by atoms with E-state index in [0.717, 1.165) is 54.7 Å². The van der Waals surface area contributed by atoms with E-state index in [9.17, 15) is 4.39 Å². The van der Waals surface area contributed by atoms with Crippen LogP contribution in [0.5, 0.6) is 5.75 Å². The molecule has 0 aliphatic rings. The van der Waals surface area contributed by atoms with Crippen LogP contribution in [0.25, 0.3) is 22.4 Å². The number of hydrogen-bond acceptors (Lipinski definition) is 2. The lowest BCUT2D eigenvalue weighted by atomic mass is 10.0. The smallest absolute Gasteiger partial charge is 0.132 e. The summed E-state index contributed by atoms with van der Waals surface area (Å²) in [6, 6.07) is 17.4. The quantitative estimate of drug-likeness (QED) is 0.303. The second-order valence-corrected chi connectivity index (χ2v) is 7.78.